The largest absolute Gasteiger partial charge is 0.515 e. The second kappa shape index (κ2) is 2.26. The van der Waals surface area contributed by atoms with E-state index in [9.17, 15) is 4.79 Å². The number of aliphatic hydroxyl groups is 1. The highest BCUT2D eigenvalue weighted by Crippen LogP contribution is 2.39. The molecule has 1 saturated carbocycles. The molecule has 0 bridgehead atoms. The monoisotopic (exact) mass is 154 g/mol. The van der Waals surface area contributed by atoms with Gasteiger partial charge in [0.15, 0.2) is 0 Å². The smallest absolute Gasteiger partial charge is 0.337 e. The van der Waals surface area contributed by atoms with Gasteiger partial charge in [-0.05, 0) is 19.3 Å². The Hall–Kier alpha value is -0.990. The lowest BCUT2D eigenvalue weighted by Gasteiger charge is -2.03. The third-order valence-electron chi connectivity index (χ3n) is 2.49. The van der Waals surface area contributed by atoms with Gasteiger partial charge in [0.1, 0.15) is 6.10 Å². The van der Waals surface area contributed by atoms with E-state index < -0.39 is 0 Å². The van der Waals surface area contributed by atoms with Crippen molar-refractivity contribution in [1.82, 2.24) is 0 Å². The molecule has 0 aromatic carbocycles. The van der Waals surface area contributed by atoms with Crippen molar-refractivity contribution >= 4 is 5.97 Å². The third kappa shape index (κ3) is 0.836. The average molecular weight is 154 g/mol. The molecule has 0 aromatic rings. The minimum absolute atomic E-state index is 0.0564. The van der Waals surface area contributed by atoms with Crippen molar-refractivity contribution in [1.29, 1.82) is 0 Å². The molecule has 0 unspecified atom stereocenters. The summed E-state index contributed by atoms with van der Waals surface area (Å²) in [6, 6.07) is 0. The van der Waals surface area contributed by atoms with E-state index in [1.54, 1.807) is 0 Å². The van der Waals surface area contributed by atoms with Crippen molar-refractivity contribution in [3.8, 4) is 0 Å². The van der Waals surface area contributed by atoms with Gasteiger partial charge in [0.05, 0.1) is 11.8 Å². The highest BCUT2D eigenvalue weighted by atomic mass is 16.6. The van der Waals surface area contributed by atoms with Gasteiger partial charge in [-0.25, -0.2) is 4.79 Å². The van der Waals surface area contributed by atoms with Gasteiger partial charge in [0, 0.05) is 5.92 Å². The molecule has 0 spiro atoms. The summed E-state index contributed by atoms with van der Waals surface area (Å²) in [5.74, 6) is -0.158. The normalized spacial score (nSPS) is 39.3. The standard InChI is InChI=1S/C8H10O3/c9-4-6-5-2-1-3-7(5)11-8(6)10/h4-5,7,9H,1-3H2/b6-4-/t5-,7-/m1/s1. The van der Waals surface area contributed by atoms with E-state index >= 15 is 0 Å². The quantitative estimate of drug-likeness (QED) is 0.323. The van der Waals surface area contributed by atoms with Crippen molar-refractivity contribution in [2.45, 2.75) is 25.4 Å². The van der Waals surface area contributed by atoms with E-state index in [1.165, 1.54) is 0 Å². The van der Waals surface area contributed by atoms with Crippen LogP contribution in [0.2, 0.25) is 0 Å². The first-order chi connectivity index (χ1) is 5.33. The zero-order valence-electron chi connectivity index (χ0n) is 6.12. The second-order valence-electron chi connectivity index (χ2n) is 3.07. The molecule has 2 atom stereocenters. The van der Waals surface area contributed by atoms with Crippen LogP contribution >= 0.6 is 0 Å². The van der Waals surface area contributed by atoms with Gasteiger partial charge in [0.2, 0.25) is 0 Å². The molecule has 3 nitrogen and oxygen atoms in total. The third-order valence-corrected chi connectivity index (χ3v) is 2.49. The number of hydrogen-bond acceptors (Lipinski definition) is 3. The van der Waals surface area contributed by atoms with Crippen LogP contribution in [-0.2, 0) is 9.53 Å². The maximum Gasteiger partial charge on any atom is 0.337 e. The molecule has 0 aromatic heterocycles. The fourth-order valence-corrected chi connectivity index (χ4v) is 1.93. The van der Waals surface area contributed by atoms with Crippen molar-refractivity contribution in [2.24, 2.45) is 5.92 Å². The fraction of sp³-hybridized carbons (Fsp3) is 0.625. The number of carbonyl (C=O) groups excluding carboxylic acids is 1. The second-order valence-corrected chi connectivity index (χ2v) is 3.07. The number of ether oxygens (including phenoxy) is 1. The Bertz CT molecular complexity index is 219. The first-order valence-corrected chi connectivity index (χ1v) is 3.88. The summed E-state index contributed by atoms with van der Waals surface area (Å²) in [7, 11) is 0. The Balaban J connectivity index is 2.27. The number of fused-ring (bicyclic) bond motifs is 1. The van der Waals surface area contributed by atoms with Crippen LogP contribution in [0.5, 0.6) is 0 Å². The van der Waals surface area contributed by atoms with Crippen LogP contribution in [0.4, 0.5) is 0 Å². The van der Waals surface area contributed by atoms with Crippen LogP contribution < -0.4 is 0 Å². The summed E-state index contributed by atoms with van der Waals surface area (Å²) in [5.41, 5.74) is 0.465. The lowest BCUT2D eigenvalue weighted by Crippen LogP contribution is -2.07. The van der Waals surface area contributed by atoms with E-state index in [2.05, 4.69) is 0 Å². The minimum Gasteiger partial charge on any atom is -0.515 e. The summed E-state index contributed by atoms with van der Waals surface area (Å²) in [5, 5.41) is 8.72. The molecule has 2 rings (SSSR count). The number of esters is 1. The van der Waals surface area contributed by atoms with Crippen molar-refractivity contribution in [2.75, 3.05) is 0 Å². The van der Waals surface area contributed by atoms with Gasteiger partial charge in [-0.3, -0.25) is 0 Å². The highest BCUT2D eigenvalue weighted by molar-refractivity contribution is 5.91. The van der Waals surface area contributed by atoms with Gasteiger partial charge in [0.25, 0.3) is 0 Å². The predicted octanol–water partition coefficient (Wildman–Crippen LogP) is 1.15. The van der Waals surface area contributed by atoms with Crippen LogP contribution in [-0.4, -0.2) is 17.2 Å². The van der Waals surface area contributed by atoms with Crippen LogP contribution in [0.3, 0.4) is 0 Å². The summed E-state index contributed by atoms with van der Waals surface area (Å²) >= 11 is 0. The number of carbonyl (C=O) groups is 1. The molecular weight excluding hydrogens is 144 g/mol. The Morgan fingerprint density at radius 2 is 2.36 bits per heavy atom. The van der Waals surface area contributed by atoms with E-state index in [0.29, 0.717) is 5.57 Å². The minimum atomic E-state index is -0.331. The Morgan fingerprint density at radius 3 is 3.09 bits per heavy atom. The first-order valence-electron chi connectivity index (χ1n) is 3.88. The molecule has 2 fully saturated rings. The molecule has 1 aliphatic heterocycles. The zero-order valence-corrected chi connectivity index (χ0v) is 6.12. The summed E-state index contributed by atoms with van der Waals surface area (Å²) in [6.45, 7) is 0. The van der Waals surface area contributed by atoms with E-state index in [-0.39, 0.29) is 18.0 Å². The number of aliphatic hydroxyl groups excluding tert-OH is 1. The van der Waals surface area contributed by atoms with E-state index in [4.69, 9.17) is 9.84 Å². The Morgan fingerprint density at radius 1 is 1.55 bits per heavy atom. The van der Waals surface area contributed by atoms with Crippen LogP contribution in [0.1, 0.15) is 19.3 Å². The molecule has 0 amide bonds. The molecule has 11 heavy (non-hydrogen) atoms. The van der Waals surface area contributed by atoms with Crippen molar-refractivity contribution in [3.63, 3.8) is 0 Å². The molecule has 0 radical (unpaired) electrons. The van der Waals surface area contributed by atoms with Crippen LogP contribution in [0.25, 0.3) is 0 Å². The number of rotatable bonds is 0. The predicted molar refractivity (Wildman–Crippen MR) is 37.9 cm³/mol. The van der Waals surface area contributed by atoms with Gasteiger partial charge < -0.3 is 9.84 Å². The van der Waals surface area contributed by atoms with Crippen LogP contribution in [0, 0.1) is 5.92 Å². The molecule has 3 heteroatoms. The summed E-state index contributed by atoms with van der Waals surface area (Å²) < 4.78 is 5.02. The lowest BCUT2D eigenvalue weighted by molar-refractivity contribution is -0.139. The lowest BCUT2D eigenvalue weighted by atomic mass is 10.00. The molecule has 2 aliphatic rings. The molecule has 1 N–H and O–H groups in total. The topological polar surface area (TPSA) is 46.5 Å². The molecule has 60 valence electrons. The van der Waals surface area contributed by atoms with Gasteiger partial charge in [-0.15, -0.1) is 0 Å². The molecule has 1 saturated heterocycles. The van der Waals surface area contributed by atoms with E-state index in [1.807, 2.05) is 0 Å². The molecule has 1 heterocycles. The average Bonchev–Trinajstić information content (AvgIpc) is 2.46. The maximum atomic E-state index is 11.0. The first kappa shape index (κ1) is 6.70. The molecular formula is C8H10O3. The highest BCUT2D eigenvalue weighted by Gasteiger charge is 2.42. The van der Waals surface area contributed by atoms with Crippen LogP contribution in [0.15, 0.2) is 11.8 Å². The van der Waals surface area contributed by atoms with Gasteiger partial charge in [-0.2, -0.15) is 0 Å². The van der Waals surface area contributed by atoms with Crippen molar-refractivity contribution < 1.29 is 14.6 Å². The zero-order chi connectivity index (χ0) is 7.84. The van der Waals surface area contributed by atoms with Crippen molar-refractivity contribution in [3.05, 3.63) is 11.8 Å². The number of hydrogen-bond donors (Lipinski definition) is 1. The molecule has 1 aliphatic carbocycles. The van der Waals surface area contributed by atoms with E-state index in [0.717, 1.165) is 25.5 Å². The summed E-state index contributed by atoms with van der Waals surface area (Å²) in [6.07, 6.45) is 3.98. The fourth-order valence-electron chi connectivity index (χ4n) is 1.93. The Kier molecular flexibility index (Phi) is 1.37. The summed E-state index contributed by atoms with van der Waals surface area (Å²) in [4.78, 5) is 11.0. The Labute approximate surface area is 64.7 Å². The maximum absolute atomic E-state index is 11.0. The van der Waals surface area contributed by atoms with Gasteiger partial charge in [-0.1, -0.05) is 0 Å². The van der Waals surface area contributed by atoms with Gasteiger partial charge >= 0.3 is 5.97 Å². The SMILES string of the molecule is O=C1O[C@@H]2CCC[C@@H]2/C1=C/O.